The lowest BCUT2D eigenvalue weighted by atomic mass is 10.0. The molecule has 1 aromatic rings. The molecule has 0 aliphatic rings. The van der Waals surface area contributed by atoms with Crippen LogP contribution in [0.3, 0.4) is 0 Å². The predicted octanol–water partition coefficient (Wildman–Crippen LogP) is 5.96. The van der Waals surface area contributed by atoms with E-state index in [2.05, 4.69) is 31.8 Å². The van der Waals surface area contributed by atoms with Crippen LogP contribution in [0, 0.1) is 0 Å². The Labute approximate surface area is 103 Å². The Bertz CT molecular complexity index is 238. The maximum absolute atomic E-state index is 2.39. The molecule has 0 aliphatic heterocycles. The van der Waals surface area contributed by atoms with Gasteiger partial charge in [0.05, 0.1) is 0 Å². The van der Waals surface area contributed by atoms with Gasteiger partial charge in [0.1, 0.15) is 0 Å². The Balaban J connectivity index is 1.95. The molecule has 0 spiro atoms. The monoisotopic (exact) mass is 238 g/mol. The molecule has 0 saturated carbocycles. The van der Waals surface area contributed by atoms with E-state index >= 15 is 0 Å². The van der Waals surface area contributed by atoms with Crippen molar-refractivity contribution in [1.82, 2.24) is 0 Å². The summed E-state index contributed by atoms with van der Waals surface area (Å²) in [6.07, 6.45) is 11.4. The van der Waals surface area contributed by atoms with Gasteiger partial charge in [0.25, 0.3) is 0 Å². The van der Waals surface area contributed by atoms with Crippen molar-refractivity contribution in [2.45, 2.75) is 71.1 Å². The summed E-state index contributed by atoms with van der Waals surface area (Å²) in [5.74, 6) is 3.13. The van der Waals surface area contributed by atoms with Crippen LogP contribution in [0.2, 0.25) is 0 Å². The molecule has 1 heteroatoms. The molecular weight excluding hydrogens is 211 g/mol. The van der Waals surface area contributed by atoms with Gasteiger partial charge in [-0.15, -0.1) is 8.19 Å². The van der Waals surface area contributed by atoms with Crippen LogP contribution in [0.15, 0.2) is 17.9 Å². The minimum atomic E-state index is 0.823. The highest BCUT2D eigenvalue weighted by Crippen LogP contribution is 2.28. The molecule has 0 aliphatic carbocycles. The molecule has 1 heterocycles. The Morgan fingerprint density at radius 2 is 1.75 bits per heavy atom. The third kappa shape index (κ3) is 5.75. The molecular formula is C15H27P. The summed E-state index contributed by atoms with van der Waals surface area (Å²) >= 11 is 0. The first-order valence-corrected chi connectivity index (χ1v) is 8.05. The third-order valence-electron chi connectivity index (χ3n) is 3.39. The van der Waals surface area contributed by atoms with Gasteiger partial charge in [0, 0.05) is 0 Å². The van der Waals surface area contributed by atoms with Crippen LogP contribution in [0.5, 0.6) is 0 Å². The summed E-state index contributed by atoms with van der Waals surface area (Å²) in [5.41, 5.74) is 0. The standard InChI is InChI=1S/C15H27P/c1-3-4-5-6-7-8-9-11-14(2)15-12-10-13-16-15/h10,12-14,16H,3-9,11H2,1-2H3. The lowest BCUT2D eigenvalue weighted by Gasteiger charge is -2.09. The molecule has 0 amide bonds. The SMILES string of the molecule is CCCCCCCCCC(C)c1ccc[pH]1. The summed E-state index contributed by atoms with van der Waals surface area (Å²) in [6.45, 7) is 4.68. The van der Waals surface area contributed by atoms with E-state index in [1.165, 1.54) is 51.4 Å². The maximum Gasteiger partial charge on any atom is -0.0155 e. The number of unbranched alkanes of at least 4 members (excludes halogenated alkanes) is 6. The molecule has 2 atom stereocenters. The zero-order valence-corrected chi connectivity index (χ0v) is 12.0. The van der Waals surface area contributed by atoms with Crippen LogP contribution in [-0.4, -0.2) is 0 Å². The topological polar surface area (TPSA) is 0 Å². The van der Waals surface area contributed by atoms with Gasteiger partial charge in [0.15, 0.2) is 0 Å². The van der Waals surface area contributed by atoms with Crippen molar-refractivity contribution in [2.75, 3.05) is 0 Å². The van der Waals surface area contributed by atoms with Gasteiger partial charge in [-0.25, -0.2) is 0 Å². The van der Waals surface area contributed by atoms with Gasteiger partial charge in [0.2, 0.25) is 0 Å². The van der Waals surface area contributed by atoms with Crippen LogP contribution in [0.4, 0.5) is 0 Å². The van der Waals surface area contributed by atoms with Crippen molar-refractivity contribution in [1.29, 1.82) is 0 Å². The zero-order chi connectivity index (χ0) is 11.6. The third-order valence-corrected chi connectivity index (χ3v) is 4.75. The zero-order valence-electron chi connectivity index (χ0n) is 11.0. The van der Waals surface area contributed by atoms with E-state index in [4.69, 9.17) is 0 Å². The first kappa shape index (κ1) is 13.8. The first-order chi connectivity index (χ1) is 7.84. The minimum absolute atomic E-state index is 0.823. The second kappa shape index (κ2) is 8.88. The van der Waals surface area contributed by atoms with Crippen molar-refractivity contribution < 1.29 is 0 Å². The van der Waals surface area contributed by atoms with Crippen LogP contribution < -0.4 is 0 Å². The Morgan fingerprint density at radius 3 is 2.38 bits per heavy atom. The molecule has 0 fully saturated rings. The fourth-order valence-electron chi connectivity index (χ4n) is 2.21. The fourth-order valence-corrected chi connectivity index (χ4v) is 3.22. The molecule has 16 heavy (non-hydrogen) atoms. The highest BCUT2D eigenvalue weighted by molar-refractivity contribution is 7.30. The van der Waals surface area contributed by atoms with Crippen molar-refractivity contribution in [2.24, 2.45) is 0 Å². The Morgan fingerprint density at radius 1 is 1.06 bits per heavy atom. The normalized spacial score (nSPS) is 13.4. The second-order valence-electron chi connectivity index (χ2n) is 4.94. The van der Waals surface area contributed by atoms with Gasteiger partial charge in [-0.3, -0.25) is 0 Å². The molecule has 0 radical (unpaired) electrons. The van der Waals surface area contributed by atoms with Gasteiger partial charge in [-0.1, -0.05) is 70.9 Å². The van der Waals surface area contributed by atoms with Gasteiger partial charge < -0.3 is 0 Å². The van der Waals surface area contributed by atoms with Gasteiger partial charge in [-0.05, 0) is 23.4 Å². The lowest BCUT2D eigenvalue weighted by molar-refractivity contribution is 0.552. The highest BCUT2D eigenvalue weighted by Gasteiger charge is 2.04. The summed E-state index contributed by atoms with van der Waals surface area (Å²) in [4.78, 5) is 0. The average Bonchev–Trinajstić information content (AvgIpc) is 2.81. The van der Waals surface area contributed by atoms with E-state index in [-0.39, 0.29) is 0 Å². The van der Waals surface area contributed by atoms with Gasteiger partial charge in [-0.2, -0.15) is 0 Å². The highest BCUT2D eigenvalue weighted by atomic mass is 31.0. The van der Waals surface area contributed by atoms with Crippen molar-refractivity contribution in [3.05, 3.63) is 23.2 Å². The van der Waals surface area contributed by atoms with Gasteiger partial charge >= 0.3 is 0 Å². The minimum Gasteiger partial charge on any atom is -0.136 e. The fraction of sp³-hybridized carbons (Fsp3) is 0.733. The second-order valence-corrected chi connectivity index (χ2v) is 6.14. The van der Waals surface area contributed by atoms with Crippen LogP contribution >= 0.6 is 8.19 Å². The number of rotatable bonds is 9. The van der Waals surface area contributed by atoms with E-state index in [1.807, 2.05) is 0 Å². The van der Waals surface area contributed by atoms with Crippen molar-refractivity contribution in [3.63, 3.8) is 0 Å². The van der Waals surface area contributed by atoms with Crippen molar-refractivity contribution >= 4 is 8.19 Å². The summed E-state index contributed by atoms with van der Waals surface area (Å²) in [7, 11) is 0.973. The first-order valence-electron chi connectivity index (χ1n) is 6.98. The predicted molar refractivity (Wildman–Crippen MR) is 77.0 cm³/mol. The van der Waals surface area contributed by atoms with Crippen LogP contribution in [0.25, 0.3) is 0 Å². The lowest BCUT2D eigenvalue weighted by Crippen LogP contribution is -1.90. The van der Waals surface area contributed by atoms with E-state index in [0.29, 0.717) is 0 Å². The van der Waals surface area contributed by atoms with Crippen molar-refractivity contribution in [3.8, 4) is 0 Å². The largest absolute Gasteiger partial charge is 0.136 e. The molecule has 0 saturated heterocycles. The Hall–Kier alpha value is -0.220. The molecule has 0 bridgehead atoms. The van der Waals surface area contributed by atoms with E-state index in [0.717, 1.165) is 14.1 Å². The molecule has 0 N–H and O–H groups in total. The average molecular weight is 238 g/mol. The molecule has 0 aromatic carbocycles. The van der Waals surface area contributed by atoms with E-state index < -0.39 is 0 Å². The molecule has 92 valence electrons. The van der Waals surface area contributed by atoms with E-state index in [1.54, 1.807) is 5.30 Å². The Kier molecular flexibility index (Phi) is 7.68. The quantitative estimate of drug-likeness (QED) is 0.465. The summed E-state index contributed by atoms with van der Waals surface area (Å²) in [5, 5.41) is 1.67. The van der Waals surface area contributed by atoms with Crippen LogP contribution in [0.1, 0.15) is 76.4 Å². The smallest absolute Gasteiger partial charge is 0.0155 e. The molecule has 2 unspecified atom stereocenters. The molecule has 1 aromatic heterocycles. The van der Waals surface area contributed by atoms with E-state index in [9.17, 15) is 0 Å². The molecule has 0 nitrogen and oxygen atoms in total. The van der Waals surface area contributed by atoms with Crippen LogP contribution in [-0.2, 0) is 0 Å². The number of hydrogen-bond donors (Lipinski definition) is 0. The number of hydrogen-bond acceptors (Lipinski definition) is 0. The summed E-state index contributed by atoms with van der Waals surface area (Å²) in [6, 6.07) is 4.54. The summed E-state index contributed by atoms with van der Waals surface area (Å²) < 4.78 is 0. The maximum atomic E-state index is 2.39. The molecule has 1 rings (SSSR count).